The van der Waals surface area contributed by atoms with Gasteiger partial charge in [-0.05, 0) is 29.0 Å². The summed E-state index contributed by atoms with van der Waals surface area (Å²) in [5.74, 6) is 0.214. The van der Waals surface area contributed by atoms with E-state index in [1.165, 1.54) is 0 Å². The first kappa shape index (κ1) is 15.9. The molecule has 3 nitrogen and oxygen atoms in total. The summed E-state index contributed by atoms with van der Waals surface area (Å²) in [7, 11) is 0. The Balaban J connectivity index is 1.91. The molecule has 0 saturated heterocycles. The molecule has 5 heteroatoms. The maximum atomic E-state index is 6.13. The van der Waals surface area contributed by atoms with Crippen LogP contribution in [0.5, 0.6) is 0 Å². The molecular weight excluding hydrogens is 353 g/mol. The van der Waals surface area contributed by atoms with E-state index < -0.39 is 0 Å². The lowest BCUT2D eigenvalue weighted by molar-refractivity contribution is 1.19. The minimum Gasteiger partial charge on any atom is -0.368 e. The van der Waals surface area contributed by atoms with Crippen molar-refractivity contribution in [3.8, 4) is 22.5 Å². The van der Waals surface area contributed by atoms with Crippen LogP contribution in [-0.4, -0.2) is 9.97 Å². The molecule has 3 aromatic carbocycles. The highest BCUT2D eigenvalue weighted by Crippen LogP contribution is 2.32. The second-order valence-electron chi connectivity index (χ2n) is 5.65. The number of fused-ring (bicyclic) bond motifs is 1. The molecular formula is C20H13Cl2N3. The van der Waals surface area contributed by atoms with Crippen molar-refractivity contribution in [3.63, 3.8) is 0 Å². The highest BCUT2D eigenvalue weighted by atomic mass is 35.5. The summed E-state index contributed by atoms with van der Waals surface area (Å²) in [4.78, 5) is 8.77. The van der Waals surface area contributed by atoms with Crippen molar-refractivity contribution in [2.75, 3.05) is 5.73 Å². The number of hydrogen-bond donors (Lipinski definition) is 1. The SMILES string of the molecule is Nc1nc(-c2ccc(Cl)c(Cl)c2)cc(-c2cccc3ccccc23)n1. The van der Waals surface area contributed by atoms with Crippen LogP contribution in [0, 0.1) is 0 Å². The second kappa shape index (κ2) is 6.36. The first-order chi connectivity index (χ1) is 12.1. The number of benzene rings is 3. The molecule has 0 atom stereocenters. The Labute approximate surface area is 155 Å². The van der Waals surface area contributed by atoms with Gasteiger partial charge in [-0.3, -0.25) is 0 Å². The van der Waals surface area contributed by atoms with E-state index in [2.05, 4.69) is 28.2 Å². The fourth-order valence-electron chi connectivity index (χ4n) is 2.86. The van der Waals surface area contributed by atoms with E-state index in [4.69, 9.17) is 28.9 Å². The molecule has 4 rings (SSSR count). The van der Waals surface area contributed by atoms with E-state index in [0.29, 0.717) is 15.7 Å². The third-order valence-corrected chi connectivity index (χ3v) is 4.76. The second-order valence-corrected chi connectivity index (χ2v) is 6.47. The molecule has 0 spiro atoms. The Morgan fingerprint density at radius 1 is 0.720 bits per heavy atom. The van der Waals surface area contributed by atoms with Gasteiger partial charge in [-0.1, -0.05) is 71.7 Å². The van der Waals surface area contributed by atoms with Crippen LogP contribution in [0.2, 0.25) is 10.0 Å². The van der Waals surface area contributed by atoms with Gasteiger partial charge in [-0.25, -0.2) is 9.97 Å². The zero-order valence-corrected chi connectivity index (χ0v) is 14.6. The molecule has 0 aliphatic carbocycles. The lowest BCUT2D eigenvalue weighted by Crippen LogP contribution is -1.99. The van der Waals surface area contributed by atoms with Gasteiger partial charge in [0.2, 0.25) is 5.95 Å². The fourth-order valence-corrected chi connectivity index (χ4v) is 3.15. The molecule has 25 heavy (non-hydrogen) atoms. The number of nitrogens with two attached hydrogens (primary N) is 1. The minimum atomic E-state index is 0.214. The van der Waals surface area contributed by atoms with Gasteiger partial charge < -0.3 is 5.73 Å². The average molecular weight is 366 g/mol. The maximum Gasteiger partial charge on any atom is 0.221 e. The summed E-state index contributed by atoms with van der Waals surface area (Å²) in [6.45, 7) is 0. The molecule has 0 unspecified atom stereocenters. The van der Waals surface area contributed by atoms with Crippen LogP contribution in [0.3, 0.4) is 0 Å². The Kier molecular flexibility index (Phi) is 4.04. The summed E-state index contributed by atoms with van der Waals surface area (Å²) in [5.41, 5.74) is 9.28. The van der Waals surface area contributed by atoms with Crippen molar-refractivity contribution in [1.29, 1.82) is 0 Å². The molecule has 2 N–H and O–H groups in total. The number of hydrogen-bond acceptors (Lipinski definition) is 3. The number of aromatic nitrogens is 2. The van der Waals surface area contributed by atoms with Crippen molar-refractivity contribution >= 4 is 39.9 Å². The molecule has 122 valence electrons. The van der Waals surface area contributed by atoms with E-state index in [1.807, 2.05) is 36.4 Å². The molecule has 0 aliphatic heterocycles. The highest BCUT2D eigenvalue weighted by Gasteiger charge is 2.10. The fraction of sp³-hybridized carbons (Fsp3) is 0. The largest absolute Gasteiger partial charge is 0.368 e. The van der Waals surface area contributed by atoms with Gasteiger partial charge in [0.05, 0.1) is 21.4 Å². The smallest absolute Gasteiger partial charge is 0.221 e. The number of rotatable bonds is 2. The van der Waals surface area contributed by atoms with E-state index in [9.17, 15) is 0 Å². The monoisotopic (exact) mass is 365 g/mol. The average Bonchev–Trinajstić information content (AvgIpc) is 2.63. The zero-order valence-electron chi connectivity index (χ0n) is 13.1. The summed E-state index contributed by atoms with van der Waals surface area (Å²) in [6, 6.07) is 21.6. The van der Waals surface area contributed by atoms with Gasteiger partial charge in [0, 0.05) is 11.1 Å². The highest BCUT2D eigenvalue weighted by molar-refractivity contribution is 6.42. The number of nitrogens with zero attached hydrogens (tertiary/aromatic N) is 2. The minimum absolute atomic E-state index is 0.214. The van der Waals surface area contributed by atoms with Crippen LogP contribution in [0.4, 0.5) is 5.95 Å². The molecule has 1 heterocycles. The molecule has 0 fully saturated rings. The van der Waals surface area contributed by atoms with Crippen LogP contribution in [0.15, 0.2) is 66.7 Å². The standard InChI is InChI=1S/C20H13Cl2N3/c21-16-9-8-13(10-17(16)22)18-11-19(25-20(23)24-18)15-7-3-5-12-4-1-2-6-14(12)15/h1-11H,(H2,23,24,25). The molecule has 0 bridgehead atoms. The third kappa shape index (κ3) is 3.04. The van der Waals surface area contributed by atoms with Gasteiger partial charge in [0.15, 0.2) is 0 Å². The molecule has 0 radical (unpaired) electrons. The van der Waals surface area contributed by atoms with E-state index in [-0.39, 0.29) is 5.95 Å². The number of nitrogen functional groups attached to an aromatic ring is 1. The van der Waals surface area contributed by atoms with Gasteiger partial charge >= 0.3 is 0 Å². The number of halogens is 2. The van der Waals surface area contributed by atoms with Crippen LogP contribution >= 0.6 is 23.2 Å². The zero-order chi connectivity index (χ0) is 17.4. The van der Waals surface area contributed by atoms with Gasteiger partial charge in [-0.15, -0.1) is 0 Å². The van der Waals surface area contributed by atoms with Crippen molar-refractivity contribution in [3.05, 3.63) is 76.8 Å². The normalized spacial score (nSPS) is 11.0. The predicted molar refractivity (Wildman–Crippen MR) is 105 cm³/mol. The van der Waals surface area contributed by atoms with E-state index in [0.717, 1.165) is 27.6 Å². The molecule has 4 aromatic rings. The summed E-state index contributed by atoms with van der Waals surface area (Å²) < 4.78 is 0. The molecule has 0 amide bonds. The quantitative estimate of drug-likeness (QED) is 0.484. The molecule has 0 saturated carbocycles. The maximum absolute atomic E-state index is 6.13. The van der Waals surface area contributed by atoms with Crippen molar-refractivity contribution in [1.82, 2.24) is 9.97 Å². The lowest BCUT2D eigenvalue weighted by Gasteiger charge is -2.09. The Morgan fingerprint density at radius 3 is 2.32 bits per heavy atom. The van der Waals surface area contributed by atoms with Crippen LogP contribution in [-0.2, 0) is 0 Å². The van der Waals surface area contributed by atoms with Gasteiger partial charge in [0.1, 0.15) is 0 Å². The third-order valence-electron chi connectivity index (χ3n) is 4.02. The molecule has 0 aliphatic rings. The van der Waals surface area contributed by atoms with E-state index >= 15 is 0 Å². The van der Waals surface area contributed by atoms with Crippen LogP contribution < -0.4 is 5.73 Å². The predicted octanol–water partition coefficient (Wildman–Crippen LogP) is 5.85. The van der Waals surface area contributed by atoms with Crippen molar-refractivity contribution in [2.45, 2.75) is 0 Å². The molecule has 1 aromatic heterocycles. The number of anilines is 1. The van der Waals surface area contributed by atoms with Gasteiger partial charge in [-0.2, -0.15) is 0 Å². The summed E-state index contributed by atoms with van der Waals surface area (Å²) in [6.07, 6.45) is 0. The Morgan fingerprint density at radius 2 is 1.48 bits per heavy atom. The van der Waals surface area contributed by atoms with Crippen LogP contribution in [0.25, 0.3) is 33.3 Å². The van der Waals surface area contributed by atoms with Crippen LogP contribution in [0.1, 0.15) is 0 Å². The summed E-state index contributed by atoms with van der Waals surface area (Å²) >= 11 is 12.1. The summed E-state index contributed by atoms with van der Waals surface area (Å²) in [5, 5.41) is 3.24. The van der Waals surface area contributed by atoms with Gasteiger partial charge in [0.25, 0.3) is 0 Å². The van der Waals surface area contributed by atoms with Crippen molar-refractivity contribution in [2.24, 2.45) is 0 Å². The Hall–Kier alpha value is -2.62. The first-order valence-electron chi connectivity index (χ1n) is 7.70. The topological polar surface area (TPSA) is 51.8 Å². The first-order valence-corrected chi connectivity index (χ1v) is 8.45. The Bertz CT molecular complexity index is 1090. The lowest BCUT2D eigenvalue weighted by atomic mass is 10.0. The van der Waals surface area contributed by atoms with Crippen molar-refractivity contribution < 1.29 is 0 Å². The van der Waals surface area contributed by atoms with E-state index in [1.54, 1.807) is 12.1 Å².